The molecule has 4 aromatic carbocycles. The molecular weight excluding hydrogens is 460 g/mol. The van der Waals surface area contributed by atoms with Gasteiger partial charge in [-0.2, -0.15) is 0 Å². The molecule has 0 fully saturated rings. The molecule has 0 saturated heterocycles. The molecule has 5 nitrogen and oxygen atoms in total. The Balaban J connectivity index is 1.51. The standard InChI is InChI=1S/C29H27ClN2O3/c1-34-28-17-24(15-16-27(28)35-21-23-11-6-3-7-12-23)20-32(19-22-9-4-2-5-10-22)29(33)31-26-14-8-13-25(30)18-26/h2-18H,19-21H2,1H3,(H,31,33). The van der Waals surface area contributed by atoms with Gasteiger partial charge in [0.25, 0.3) is 0 Å². The van der Waals surface area contributed by atoms with Gasteiger partial charge in [-0.15, -0.1) is 0 Å². The lowest BCUT2D eigenvalue weighted by Gasteiger charge is -2.24. The number of carbonyl (C=O) groups is 1. The summed E-state index contributed by atoms with van der Waals surface area (Å²) in [6.45, 7) is 1.27. The van der Waals surface area contributed by atoms with Crippen LogP contribution < -0.4 is 14.8 Å². The molecule has 2 amide bonds. The highest BCUT2D eigenvalue weighted by molar-refractivity contribution is 6.30. The zero-order valence-corrected chi connectivity index (χ0v) is 20.2. The highest BCUT2D eigenvalue weighted by atomic mass is 35.5. The van der Waals surface area contributed by atoms with E-state index in [0.29, 0.717) is 41.9 Å². The Morgan fingerprint density at radius 3 is 2.14 bits per heavy atom. The van der Waals surface area contributed by atoms with Gasteiger partial charge in [-0.25, -0.2) is 4.79 Å². The fourth-order valence-corrected chi connectivity index (χ4v) is 3.85. The van der Waals surface area contributed by atoms with Gasteiger partial charge in [0.05, 0.1) is 7.11 Å². The van der Waals surface area contributed by atoms with E-state index in [0.717, 1.165) is 16.7 Å². The number of benzene rings is 4. The minimum Gasteiger partial charge on any atom is -0.493 e. The molecule has 0 aliphatic heterocycles. The molecule has 178 valence electrons. The van der Waals surface area contributed by atoms with Gasteiger partial charge in [-0.1, -0.05) is 84.4 Å². The first kappa shape index (κ1) is 24.2. The number of urea groups is 1. The van der Waals surface area contributed by atoms with Gasteiger partial charge in [0, 0.05) is 23.8 Å². The monoisotopic (exact) mass is 486 g/mol. The number of carbonyl (C=O) groups excluding carboxylic acids is 1. The van der Waals surface area contributed by atoms with Gasteiger partial charge in [-0.05, 0) is 47.0 Å². The van der Waals surface area contributed by atoms with Crippen molar-refractivity contribution in [2.75, 3.05) is 12.4 Å². The maximum atomic E-state index is 13.2. The highest BCUT2D eigenvalue weighted by Gasteiger charge is 2.17. The number of hydrogen-bond donors (Lipinski definition) is 1. The van der Waals surface area contributed by atoms with E-state index in [1.54, 1.807) is 30.2 Å². The van der Waals surface area contributed by atoms with E-state index < -0.39 is 0 Å². The molecule has 0 aliphatic carbocycles. The van der Waals surface area contributed by atoms with Crippen molar-refractivity contribution in [3.8, 4) is 11.5 Å². The number of nitrogens with zero attached hydrogens (tertiary/aromatic N) is 1. The fraction of sp³-hybridized carbons (Fsp3) is 0.138. The Morgan fingerprint density at radius 2 is 1.46 bits per heavy atom. The number of methoxy groups -OCH3 is 1. The second-order valence-electron chi connectivity index (χ2n) is 8.04. The largest absolute Gasteiger partial charge is 0.493 e. The number of ether oxygens (including phenoxy) is 2. The molecule has 0 saturated carbocycles. The van der Waals surface area contributed by atoms with Gasteiger partial charge in [-0.3, -0.25) is 0 Å². The van der Waals surface area contributed by atoms with Crippen LogP contribution in [0.25, 0.3) is 0 Å². The summed E-state index contributed by atoms with van der Waals surface area (Å²) in [5.41, 5.74) is 3.67. The van der Waals surface area contributed by atoms with E-state index >= 15 is 0 Å². The predicted octanol–water partition coefficient (Wildman–Crippen LogP) is 7.16. The maximum Gasteiger partial charge on any atom is 0.322 e. The summed E-state index contributed by atoms with van der Waals surface area (Å²) < 4.78 is 11.6. The topological polar surface area (TPSA) is 50.8 Å². The Bertz CT molecular complexity index is 1250. The average molecular weight is 487 g/mol. The molecule has 0 radical (unpaired) electrons. The van der Waals surface area contributed by atoms with Crippen molar-refractivity contribution in [2.45, 2.75) is 19.7 Å². The van der Waals surface area contributed by atoms with Crippen molar-refractivity contribution >= 4 is 23.3 Å². The summed E-state index contributed by atoms with van der Waals surface area (Å²) in [4.78, 5) is 15.0. The lowest BCUT2D eigenvalue weighted by Crippen LogP contribution is -2.34. The van der Waals surface area contributed by atoms with Crippen molar-refractivity contribution in [1.82, 2.24) is 4.90 Å². The fourth-order valence-electron chi connectivity index (χ4n) is 3.66. The van der Waals surface area contributed by atoms with Crippen LogP contribution in [0.1, 0.15) is 16.7 Å². The average Bonchev–Trinajstić information content (AvgIpc) is 2.88. The second kappa shape index (κ2) is 12.0. The summed E-state index contributed by atoms with van der Waals surface area (Å²) in [5.74, 6) is 1.27. The first-order chi connectivity index (χ1) is 17.1. The molecular formula is C29H27ClN2O3. The minimum absolute atomic E-state index is 0.223. The van der Waals surface area contributed by atoms with Crippen LogP contribution in [0.3, 0.4) is 0 Å². The normalized spacial score (nSPS) is 10.5. The molecule has 0 spiro atoms. The van der Waals surface area contributed by atoms with Crippen molar-refractivity contribution in [1.29, 1.82) is 0 Å². The maximum absolute atomic E-state index is 13.2. The van der Waals surface area contributed by atoms with Crippen LogP contribution in [-0.4, -0.2) is 18.0 Å². The summed E-state index contributed by atoms with van der Waals surface area (Å²) in [7, 11) is 1.61. The molecule has 35 heavy (non-hydrogen) atoms. The third-order valence-corrected chi connectivity index (χ3v) is 5.65. The summed E-state index contributed by atoms with van der Waals surface area (Å²) >= 11 is 6.09. The van der Waals surface area contributed by atoms with Crippen LogP contribution in [0.5, 0.6) is 11.5 Å². The van der Waals surface area contributed by atoms with Crippen molar-refractivity contribution in [2.24, 2.45) is 0 Å². The number of anilines is 1. The Hall–Kier alpha value is -3.96. The quantitative estimate of drug-likeness (QED) is 0.273. The third kappa shape index (κ3) is 7.01. The van der Waals surface area contributed by atoms with E-state index in [4.69, 9.17) is 21.1 Å². The van der Waals surface area contributed by atoms with Gasteiger partial charge in [0.15, 0.2) is 11.5 Å². The van der Waals surface area contributed by atoms with E-state index in [9.17, 15) is 4.79 Å². The zero-order valence-electron chi connectivity index (χ0n) is 19.5. The smallest absolute Gasteiger partial charge is 0.322 e. The second-order valence-corrected chi connectivity index (χ2v) is 8.48. The summed E-state index contributed by atoms with van der Waals surface area (Å²) in [6.07, 6.45) is 0. The number of rotatable bonds is 9. The number of halogens is 1. The first-order valence-corrected chi connectivity index (χ1v) is 11.7. The van der Waals surface area contributed by atoms with E-state index in [-0.39, 0.29) is 6.03 Å². The number of amides is 2. The van der Waals surface area contributed by atoms with Crippen LogP contribution in [0.4, 0.5) is 10.5 Å². The van der Waals surface area contributed by atoms with Crippen molar-refractivity contribution in [3.63, 3.8) is 0 Å². The molecule has 0 unspecified atom stereocenters. The van der Waals surface area contributed by atoms with Crippen LogP contribution in [0.2, 0.25) is 5.02 Å². The third-order valence-electron chi connectivity index (χ3n) is 5.42. The van der Waals surface area contributed by atoms with Crippen LogP contribution >= 0.6 is 11.6 Å². The van der Waals surface area contributed by atoms with Gasteiger partial charge < -0.3 is 19.7 Å². The Morgan fingerprint density at radius 1 is 0.771 bits per heavy atom. The van der Waals surface area contributed by atoms with E-state index in [1.807, 2.05) is 84.9 Å². The van der Waals surface area contributed by atoms with E-state index in [1.165, 1.54) is 0 Å². The van der Waals surface area contributed by atoms with E-state index in [2.05, 4.69) is 5.32 Å². The molecule has 0 bridgehead atoms. The number of hydrogen-bond acceptors (Lipinski definition) is 3. The lowest BCUT2D eigenvalue weighted by atomic mass is 10.1. The molecule has 0 heterocycles. The molecule has 0 aliphatic rings. The predicted molar refractivity (Wildman–Crippen MR) is 140 cm³/mol. The molecule has 1 N–H and O–H groups in total. The molecule has 4 aromatic rings. The molecule has 4 rings (SSSR count). The Labute approximate surface area is 210 Å². The molecule has 0 atom stereocenters. The van der Waals surface area contributed by atoms with Gasteiger partial charge in [0.2, 0.25) is 0 Å². The SMILES string of the molecule is COc1cc(CN(Cc2ccccc2)C(=O)Nc2cccc(Cl)c2)ccc1OCc1ccccc1. The van der Waals surface area contributed by atoms with Crippen LogP contribution in [-0.2, 0) is 19.7 Å². The van der Waals surface area contributed by atoms with Gasteiger partial charge >= 0.3 is 6.03 Å². The minimum atomic E-state index is -0.223. The summed E-state index contributed by atoms with van der Waals surface area (Å²) in [6, 6.07) is 32.5. The first-order valence-electron chi connectivity index (χ1n) is 11.3. The van der Waals surface area contributed by atoms with Gasteiger partial charge in [0.1, 0.15) is 6.61 Å². The summed E-state index contributed by atoms with van der Waals surface area (Å²) in [5, 5.41) is 3.51. The zero-order chi connectivity index (χ0) is 24.5. The van der Waals surface area contributed by atoms with Crippen LogP contribution in [0, 0.1) is 0 Å². The Kier molecular flexibility index (Phi) is 8.25. The van der Waals surface area contributed by atoms with Crippen molar-refractivity contribution < 1.29 is 14.3 Å². The molecule has 6 heteroatoms. The lowest BCUT2D eigenvalue weighted by molar-refractivity contribution is 0.206. The molecule has 0 aromatic heterocycles. The number of nitrogens with one attached hydrogen (secondary N) is 1. The van der Waals surface area contributed by atoms with Crippen molar-refractivity contribution in [3.05, 3.63) is 125 Å². The van der Waals surface area contributed by atoms with Crippen LogP contribution in [0.15, 0.2) is 103 Å². The highest BCUT2D eigenvalue weighted by Crippen LogP contribution is 2.30.